The zero-order valence-electron chi connectivity index (χ0n) is 24.6. The summed E-state index contributed by atoms with van der Waals surface area (Å²) in [5, 5.41) is 17.6. The van der Waals surface area contributed by atoms with Crippen LogP contribution in [0, 0.1) is 22.7 Å². The molecule has 10 heteroatoms. The molecule has 0 aromatic heterocycles. The monoisotopic (exact) mass is 594 g/mol. The maximum Gasteiger partial charge on any atom is 0.246 e. The summed E-state index contributed by atoms with van der Waals surface area (Å²) < 4.78 is 6.46. The van der Waals surface area contributed by atoms with Crippen LogP contribution in [0.3, 0.4) is 0 Å². The molecule has 2 aliphatic carbocycles. The smallest absolute Gasteiger partial charge is 0.246 e. The molecule has 1 spiro atoms. The van der Waals surface area contributed by atoms with E-state index < -0.39 is 6.35 Å². The Labute approximate surface area is 254 Å². The highest BCUT2D eigenvalue weighted by molar-refractivity contribution is 6.30. The van der Waals surface area contributed by atoms with Crippen molar-refractivity contribution in [1.29, 1.82) is 5.26 Å². The van der Waals surface area contributed by atoms with E-state index in [-0.39, 0.29) is 41.9 Å². The summed E-state index contributed by atoms with van der Waals surface area (Å²) in [6.45, 7) is 7.08. The highest BCUT2D eigenvalue weighted by Crippen LogP contribution is 2.48. The van der Waals surface area contributed by atoms with Crippen molar-refractivity contribution >= 4 is 23.3 Å². The van der Waals surface area contributed by atoms with Crippen molar-refractivity contribution in [3.8, 4) is 6.07 Å². The molecule has 5 aliphatic rings. The van der Waals surface area contributed by atoms with Crippen LogP contribution in [0.25, 0.3) is 0 Å². The Morgan fingerprint density at radius 1 is 1.21 bits per heavy atom. The largest absolute Gasteiger partial charge is 0.348 e. The van der Waals surface area contributed by atoms with Crippen LogP contribution >= 0.6 is 11.6 Å². The van der Waals surface area contributed by atoms with Gasteiger partial charge in [-0.3, -0.25) is 25.1 Å². The number of nitriles is 1. The zero-order chi connectivity index (χ0) is 29.4. The van der Waals surface area contributed by atoms with Crippen LogP contribution < -0.4 is 10.6 Å². The van der Waals surface area contributed by atoms with Crippen molar-refractivity contribution in [3.63, 3.8) is 0 Å². The van der Waals surface area contributed by atoms with Crippen molar-refractivity contribution in [2.75, 3.05) is 39.8 Å². The van der Waals surface area contributed by atoms with Crippen LogP contribution in [0.2, 0.25) is 5.02 Å². The first kappa shape index (κ1) is 29.7. The van der Waals surface area contributed by atoms with Gasteiger partial charge in [-0.2, -0.15) is 5.26 Å². The van der Waals surface area contributed by atoms with Gasteiger partial charge < -0.3 is 14.5 Å². The van der Waals surface area contributed by atoms with E-state index in [1.165, 1.54) is 23.6 Å². The minimum atomic E-state index is -0.457. The van der Waals surface area contributed by atoms with Crippen molar-refractivity contribution in [3.05, 3.63) is 47.0 Å². The molecular formula is C32H43ClN6O3. The third-order valence-corrected chi connectivity index (χ3v) is 10.9. The first-order valence-electron chi connectivity index (χ1n) is 15.5. The van der Waals surface area contributed by atoms with Gasteiger partial charge in [0.05, 0.1) is 37.3 Å². The number of ether oxygens (including phenoxy) is 1. The molecule has 0 bridgehead atoms. The number of piperazine rings is 1. The maximum atomic E-state index is 14.5. The molecule has 4 fully saturated rings. The first-order chi connectivity index (χ1) is 20.3. The molecule has 6 unspecified atom stereocenters. The number of hydrogen-bond acceptors (Lipinski definition) is 8. The van der Waals surface area contributed by atoms with E-state index >= 15 is 0 Å². The maximum absolute atomic E-state index is 14.5. The van der Waals surface area contributed by atoms with Crippen molar-refractivity contribution < 1.29 is 14.3 Å². The number of hydrogen-bond donors (Lipinski definition) is 2. The van der Waals surface area contributed by atoms with Crippen molar-refractivity contribution in [2.24, 2.45) is 11.3 Å². The van der Waals surface area contributed by atoms with Gasteiger partial charge in [-0.25, -0.2) is 0 Å². The van der Waals surface area contributed by atoms with E-state index in [1.54, 1.807) is 4.90 Å². The third-order valence-electron chi connectivity index (χ3n) is 10.6. The van der Waals surface area contributed by atoms with Gasteiger partial charge in [0.2, 0.25) is 5.91 Å². The van der Waals surface area contributed by atoms with Gasteiger partial charge in [0.1, 0.15) is 0 Å². The molecule has 0 radical (unpaired) electrons. The Hall–Kier alpha value is -2.32. The molecule has 1 aromatic carbocycles. The predicted molar refractivity (Wildman–Crippen MR) is 160 cm³/mol. The summed E-state index contributed by atoms with van der Waals surface area (Å²) in [6.07, 6.45) is 7.54. The van der Waals surface area contributed by atoms with Gasteiger partial charge in [-0.05, 0) is 87.9 Å². The van der Waals surface area contributed by atoms with Crippen LogP contribution in [0.5, 0.6) is 0 Å². The quantitative estimate of drug-likeness (QED) is 0.485. The number of aryl methyl sites for hydroxylation is 1. The molecule has 3 heterocycles. The lowest BCUT2D eigenvalue weighted by Gasteiger charge is -2.55. The van der Waals surface area contributed by atoms with Crippen LogP contribution in [-0.4, -0.2) is 96.9 Å². The number of Topliss-reactive ketones (excluding diaryl/α,β-unsaturated/α-hetero) is 1. The highest BCUT2D eigenvalue weighted by atomic mass is 35.5. The fraction of sp³-hybridized carbons (Fsp3) is 0.656. The number of nitrogens with one attached hydrogen (secondary N) is 2. The number of carbonyl (C=O) groups is 2. The van der Waals surface area contributed by atoms with Gasteiger partial charge >= 0.3 is 0 Å². The standard InChI is InChI=1S/C32H43ClN6O3/c1-3-27(40)39-16-15-38(19-24(39)10-13-34)30-26-9-12-32(11-8-21-17-23(33)7-6-22(21)18-32)29(41)28(26)35-31(36-30)42-20-25-5-4-14-37(25)2/h3,6-7,17,24-26,28,30-31,35-36H,1,4-5,8-12,14-16,18-20H2,2H3/t24?,25?,26?,28?,30?,31?,32-/m0/s1. The van der Waals surface area contributed by atoms with E-state index in [2.05, 4.69) is 52.3 Å². The lowest BCUT2D eigenvalue weighted by atomic mass is 9.59. The van der Waals surface area contributed by atoms with Gasteiger partial charge in [0, 0.05) is 42.0 Å². The number of likely N-dealkylation sites (N-methyl/N-ethyl adjacent to an activating group) is 1. The molecular weight excluding hydrogens is 552 g/mol. The van der Waals surface area contributed by atoms with Crippen LogP contribution in [-0.2, 0) is 27.2 Å². The van der Waals surface area contributed by atoms with Gasteiger partial charge in [-0.1, -0.05) is 24.2 Å². The van der Waals surface area contributed by atoms with E-state index in [1.807, 2.05) is 6.07 Å². The second kappa shape index (κ2) is 12.4. The number of nitrogens with zero attached hydrogens (tertiary/aromatic N) is 4. The number of amides is 1. The summed E-state index contributed by atoms with van der Waals surface area (Å²) >= 11 is 6.28. The predicted octanol–water partition coefficient (Wildman–Crippen LogP) is 2.69. The molecule has 9 nitrogen and oxygen atoms in total. The average molecular weight is 595 g/mol. The molecule has 1 aromatic rings. The fourth-order valence-electron chi connectivity index (χ4n) is 8.23. The van der Waals surface area contributed by atoms with Crippen LogP contribution in [0.1, 0.15) is 49.7 Å². The highest BCUT2D eigenvalue weighted by Gasteiger charge is 2.55. The normalized spacial score (nSPS) is 35.5. The SMILES string of the molecule is C=CC(=O)N1CCN(C2NC(OCC3CCCN3C)NC3C(=O)[C@@]4(CCc5cc(Cl)ccc5C4)CCC32)CC1CC#N. The lowest BCUT2D eigenvalue weighted by Crippen LogP contribution is -2.74. The number of benzene rings is 1. The summed E-state index contributed by atoms with van der Waals surface area (Å²) in [5.74, 6) is 0.223. The second-order valence-electron chi connectivity index (χ2n) is 12.9. The minimum absolute atomic E-state index is 0.0631. The molecule has 1 saturated carbocycles. The summed E-state index contributed by atoms with van der Waals surface area (Å²) in [5.41, 5.74) is 2.12. The number of rotatable bonds is 6. The lowest BCUT2D eigenvalue weighted by molar-refractivity contribution is -0.154. The Morgan fingerprint density at radius 2 is 2.07 bits per heavy atom. The Kier molecular flexibility index (Phi) is 8.75. The fourth-order valence-corrected chi connectivity index (χ4v) is 8.42. The van der Waals surface area contributed by atoms with E-state index in [0.717, 1.165) is 50.1 Å². The molecule has 6 rings (SSSR count). The molecule has 2 N–H and O–H groups in total. The second-order valence-corrected chi connectivity index (χ2v) is 13.4. The molecule has 226 valence electrons. The Morgan fingerprint density at radius 3 is 2.83 bits per heavy atom. The number of halogens is 1. The molecule has 1 amide bonds. The molecule has 42 heavy (non-hydrogen) atoms. The van der Waals surface area contributed by atoms with E-state index in [9.17, 15) is 14.9 Å². The van der Waals surface area contributed by atoms with Crippen LogP contribution in [0.15, 0.2) is 30.9 Å². The number of likely N-dealkylation sites (tertiary alicyclic amines) is 1. The van der Waals surface area contributed by atoms with Gasteiger partial charge in [0.15, 0.2) is 12.1 Å². The van der Waals surface area contributed by atoms with Gasteiger partial charge in [0.25, 0.3) is 0 Å². The number of carbonyl (C=O) groups excluding carboxylic acids is 2. The molecule has 3 saturated heterocycles. The summed E-state index contributed by atoms with van der Waals surface area (Å²) in [7, 11) is 2.14. The van der Waals surface area contributed by atoms with Crippen molar-refractivity contribution in [1.82, 2.24) is 25.3 Å². The van der Waals surface area contributed by atoms with E-state index in [4.69, 9.17) is 16.3 Å². The summed E-state index contributed by atoms with van der Waals surface area (Å²) in [6, 6.07) is 8.18. The summed E-state index contributed by atoms with van der Waals surface area (Å²) in [4.78, 5) is 33.5. The Bertz CT molecular complexity index is 1250. The first-order valence-corrected chi connectivity index (χ1v) is 15.9. The minimum Gasteiger partial charge on any atom is -0.348 e. The molecule has 3 aliphatic heterocycles. The van der Waals surface area contributed by atoms with E-state index in [0.29, 0.717) is 38.1 Å². The topological polar surface area (TPSA) is 101 Å². The van der Waals surface area contributed by atoms with Crippen molar-refractivity contribution in [2.45, 2.75) is 82.0 Å². The molecule has 7 atom stereocenters. The van der Waals surface area contributed by atoms with Gasteiger partial charge in [-0.15, -0.1) is 0 Å². The Balaban J connectivity index is 1.24. The number of fused-ring (bicyclic) bond motifs is 2. The average Bonchev–Trinajstić information content (AvgIpc) is 3.42. The number of ketones is 1. The third kappa shape index (κ3) is 5.66. The van der Waals surface area contributed by atoms with Crippen LogP contribution in [0.4, 0.5) is 0 Å². The zero-order valence-corrected chi connectivity index (χ0v) is 25.3.